The first-order chi connectivity index (χ1) is 15.3. The smallest absolute Gasteiger partial charge is 0.295 e. The quantitative estimate of drug-likeness (QED) is 0.327. The second-order valence-corrected chi connectivity index (χ2v) is 8.64. The van der Waals surface area contributed by atoms with Crippen LogP contribution in [-0.2, 0) is 9.59 Å². The van der Waals surface area contributed by atoms with Gasteiger partial charge in [0.2, 0.25) is 0 Å². The number of likely N-dealkylation sites (tertiary alicyclic amines) is 1. The second-order valence-electron chi connectivity index (χ2n) is 7.78. The Kier molecular flexibility index (Phi) is 7.74. The third-order valence-electron chi connectivity index (χ3n) is 5.87. The summed E-state index contributed by atoms with van der Waals surface area (Å²) in [5, 5.41) is 11.2. The molecule has 3 rings (SSSR count). The van der Waals surface area contributed by atoms with Gasteiger partial charge < -0.3 is 19.6 Å². The molecule has 2 aromatic rings. The summed E-state index contributed by atoms with van der Waals surface area (Å²) in [4.78, 5) is 30.0. The molecule has 0 aromatic heterocycles. The molecule has 0 aliphatic carbocycles. The number of hydrogen-bond acceptors (Lipinski definition) is 5. The fourth-order valence-corrected chi connectivity index (χ4v) is 4.60. The van der Waals surface area contributed by atoms with E-state index in [1.807, 2.05) is 31.2 Å². The van der Waals surface area contributed by atoms with Gasteiger partial charge in [-0.2, -0.15) is 0 Å². The monoisotopic (exact) mass is 500 g/mol. The van der Waals surface area contributed by atoms with Crippen molar-refractivity contribution in [3.63, 3.8) is 0 Å². The number of aliphatic hydroxyl groups is 1. The summed E-state index contributed by atoms with van der Waals surface area (Å²) in [5.74, 6) is -0.835. The summed E-state index contributed by atoms with van der Waals surface area (Å²) in [7, 11) is 1.55. The van der Waals surface area contributed by atoms with Gasteiger partial charge in [-0.1, -0.05) is 43.7 Å². The van der Waals surface area contributed by atoms with Gasteiger partial charge in [0.05, 0.1) is 23.2 Å². The van der Waals surface area contributed by atoms with Crippen molar-refractivity contribution < 1.29 is 19.4 Å². The van der Waals surface area contributed by atoms with E-state index in [4.69, 9.17) is 4.74 Å². The van der Waals surface area contributed by atoms with Crippen LogP contribution in [0.4, 0.5) is 0 Å². The van der Waals surface area contributed by atoms with Crippen molar-refractivity contribution in [2.75, 3.05) is 33.3 Å². The lowest BCUT2D eigenvalue weighted by Gasteiger charge is -2.28. The molecule has 1 fully saturated rings. The van der Waals surface area contributed by atoms with Gasteiger partial charge in [0.15, 0.2) is 0 Å². The number of aryl methyl sites for hydroxylation is 1. The largest absolute Gasteiger partial charge is 0.507 e. The van der Waals surface area contributed by atoms with Crippen molar-refractivity contribution >= 4 is 33.4 Å². The molecule has 1 aliphatic rings. The fraction of sp³-hybridized carbons (Fsp3) is 0.360. The van der Waals surface area contributed by atoms with Crippen molar-refractivity contribution in [1.29, 1.82) is 0 Å². The molecule has 1 atom stereocenters. The van der Waals surface area contributed by atoms with Gasteiger partial charge in [-0.3, -0.25) is 9.59 Å². The first kappa shape index (κ1) is 24.0. The van der Waals surface area contributed by atoms with E-state index in [0.29, 0.717) is 28.9 Å². The predicted molar refractivity (Wildman–Crippen MR) is 129 cm³/mol. The standard InChI is InChI=1S/C25H29BrN2O4/c1-5-27(6-2)12-13-28-22(17-9-7-8-16(3)14-17)21(24(30)25(28)31)23(29)18-10-11-20(32-4)19(26)15-18/h7-11,14-15,22,29H,5-6,12-13H2,1-4H3/b23-21-. The van der Waals surface area contributed by atoms with Crippen LogP contribution in [0.3, 0.4) is 0 Å². The summed E-state index contributed by atoms with van der Waals surface area (Å²) in [6, 6.07) is 12.1. The molecular formula is C25H29BrN2O4. The van der Waals surface area contributed by atoms with Gasteiger partial charge in [0.1, 0.15) is 11.5 Å². The van der Waals surface area contributed by atoms with E-state index in [1.54, 1.807) is 30.2 Å². The number of hydrogen-bond donors (Lipinski definition) is 1. The molecule has 170 valence electrons. The molecule has 1 heterocycles. The number of ketones is 1. The molecule has 6 nitrogen and oxygen atoms in total. The minimum Gasteiger partial charge on any atom is -0.507 e. The van der Waals surface area contributed by atoms with Crippen LogP contribution in [0.1, 0.15) is 36.6 Å². The number of carbonyl (C=O) groups is 2. The summed E-state index contributed by atoms with van der Waals surface area (Å²) in [5.41, 5.74) is 2.37. The molecule has 1 N–H and O–H groups in total. The van der Waals surface area contributed by atoms with Crippen molar-refractivity contribution in [3.8, 4) is 5.75 Å². The normalized spacial score (nSPS) is 17.9. The maximum Gasteiger partial charge on any atom is 0.295 e. The van der Waals surface area contributed by atoms with Gasteiger partial charge in [-0.25, -0.2) is 0 Å². The fourth-order valence-electron chi connectivity index (χ4n) is 4.06. The van der Waals surface area contributed by atoms with Gasteiger partial charge in [-0.15, -0.1) is 0 Å². The summed E-state index contributed by atoms with van der Waals surface area (Å²) >= 11 is 3.42. The number of benzene rings is 2. The summed E-state index contributed by atoms with van der Waals surface area (Å²) in [6.45, 7) is 8.86. The second kappa shape index (κ2) is 10.3. The number of ether oxygens (including phenoxy) is 1. The Balaban J connectivity index is 2.12. The third kappa shape index (κ3) is 4.74. The van der Waals surface area contributed by atoms with Gasteiger partial charge in [0.25, 0.3) is 11.7 Å². The Morgan fingerprint density at radius 3 is 2.47 bits per heavy atom. The Morgan fingerprint density at radius 2 is 1.88 bits per heavy atom. The summed E-state index contributed by atoms with van der Waals surface area (Å²) < 4.78 is 5.91. The minimum atomic E-state index is -0.666. The first-order valence-corrected chi connectivity index (χ1v) is 11.5. The molecule has 1 aliphatic heterocycles. The number of carbonyl (C=O) groups excluding carboxylic acids is 2. The molecule has 32 heavy (non-hydrogen) atoms. The molecular weight excluding hydrogens is 472 g/mol. The number of nitrogens with zero attached hydrogens (tertiary/aromatic N) is 2. The van der Waals surface area contributed by atoms with Crippen LogP contribution < -0.4 is 4.74 Å². The number of Topliss-reactive ketones (excluding diaryl/α,β-unsaturated/α-hetero) is 1. The lowest BCUT2D eigenvalue weighted by molar-refractivity contribution is -0.140. The zero-order valence-electron chi connectivity index (χ0n) is 18.9. The topological polar surface area (TPSA) is 70.1 Å². The zero-order valence-corrected chi connectivity index (χ0v) is 20.5. The van der Waals surface area contributed by atoms with E-state index in [0.717, 1.165) is 24.2 Å². The molecule has 0 radical (unpaired) electrons. The van der Waals surface area contributed by atoms with E-state index in [1.165, 1.54) is 0 Å². The van der Waals surface area contributed by atoms with Gasteiger partial charge in [-0.05, 0) is 59.7 Å². The molecule has 0 saturated carbocycles. The molecule has 0 bridgehead atoms. The first-order valence-electron chi connectivity index (χ1n) is 10.7. The van der Waals surface area contributed by atoms with Crippen LogP contribution in [0.5, 0.6) is 5.75 Å². The number of halogens is 1. The maximum atomic E-state index is 13.1. The maximum absolute atomic E-state index is 13.1. The molecule has 7 heteroatoms. The molecule has 1 amide bonds. The highest BCUT2D eigenvalue weighted by atomic mass is 79.9. The van der Waals surface area contributed by atoms with Crippen molar-refractivity contribution in [3.05, 3.63) is 69.2 Å². The Hall–Kier alpha value is -2.64. The van der Waals surface area contributed by atoms with E-state index in [2.05, 4.69) is 34.7 Å². The highest BCUT2D eigenvalue weighted by Gasteiger charge is 2.46. The van der Waals surface area contributed by atoms with E-state index < -0.39 is 17.7 Å². The van der Waals surface area contributed by atoms with Gasteiger partial charge >= 0.3 is 0 Å². The molecule has 2 aromatic carbocycles. The van der Waals surface area contributed by atoms with Crippen molar-refractivity contribution in [1.82, 2.24) is 9.80 Å². The average molecular weight is 501 g/mol. The number of aliphatic hydroxyl groups excluding tert-OH is 1. The van der Waals surface area contributed by atoms with Crippen LogP contribution in [0.2, 0.25) is 0 Å². The predicted octanol–water partition coefficient (Wildman–Crippen LogP) is 4.53. The van der Waals surface area contributed by atoms with Crippen LogP contribution in [0, 0.1) is 6.92 Å². The van der Waals surface area contributed by atoms with Crippen LogP contribution >= 0.6 is 15.9 Å². The number of rotatable bonds is 8. The number of likely N-dealkylation sites (N-methyl/N-ethyl adjacent to an activating group) is 1. The van der Waals surface area contributed by atoms with E-state index in [9.17, 15) is 14.7 Å². The Bertz CT molecular complexity index is 1050. The lowest BCUT2D eigenvalue weighted by atomic mass is 9.94. The number of amides is 1. The average Bonchev–Trinajstić information content (AvgIpc) is 3.04. The van der Waals surface area contributed by atoms with Crippen LogP contribution in [0.15, 0.2) is 52.5 Å². The molecule has 0 spiro atoms. The SMILES string of the molecule is CCN(CC)CCN1C(=O)C(=O)/C(=C(\O)c2ccc(OC)c(Br)c2)C1c1cccc(C)c1. The van der Waals surface area contributed by atoms with Gasteiger partial charge in [0, 0.05) is 18.7 Å². The lowest BCUT2D eigenvalue weighted by Crippen LogP contribution is -2.38. The van der Waals surface area contributed by atoms with Crippen LogP contribution in [-0.4, -0.2) is 59.9 Å². The minimum absolute atomic E-state index is 0.109. The number of methoxy groups -OCH3 is 1. The third-order valence-corrected chi connectivity index (χ3v) is 6.49. The Morgan fingerprint density at radius 1 is 1.16 bits per heavy atom. The zero-order chi connectivity index (χ0) is 23.4. The van der Waals surface area contributed by atoms with Crippen molar-refractivity contribution in [2.45, 2.75) is 26.8 Å². The van der Waals surface area contributed by atoms with Crippen molar-refractivity contribution in [2.24, 2.45) is 0 Å². The highest BCUT2D eigenvalue weighted by molar-refractivity contribution is 9.10. The molecule has 1 saturated heterocycles. The van der Waals surface area contributed by atoms with Crippen LogP contribution in [0.25, 0.3) is 5.76 Å². The summed E-state index contributed by atoms with van der Waals surface area (Å²) in [6.07, 6.45) is 0. The Labute approximate surface area is 197 Å². The van der Waals surface area contributed by atoms with E-state index >= 15 is 0 Å². The molecule has 1 unspecified atom stereocenters. The highest BCUT2D eigenvalue weighted by Crippen LogP contribution is 2.40. The van der Waals surface area contributed by atoms with E-state index in [-0.39, 0.29) is 11.3 Å².